The van der Waals surface area contributed by atoms with Gasteiger partial charge in [-0.2, -0.15) is 0 Å². The summed E-state index contributed by atoms with van der Waals surface area (Å²) in [4.78, 5) is 2.59. The fraction of sp³-hybridized carbons (Fsp3) is 1.00. The Balaban J connectivity index is 1.94. The van der Waals surface area contributed by atoms with Crippen molar-refractivity contribution in [2.24, 2.45) is 5.92 Å². The Kier molecular flexibility index (Phi) is 2.69. The topological polar surface area (TPSA) is 3.24 Å². The van der Waals surface area contributed by atoms with Crippen LogP contribution < -0.4 is 0 Å². The van der Waals surface area contributed by atoms with Gasteiger partial charge in [-0.3, -0.25) is 0 Å². The summed E-state index contributed by atoms with van der Waals surface area (Å²) in [5, 5.41) is 0. The van der Waals surface area contributed by atoms with Crippen LogP contribution in [0.3, 0.4) is 0 Å². The maximum Gasteiger partial charge on any atom is 0.00954 e. The van der Waals surface area contributed by atoms with Crippen LogP contribution in [0.15, 0.2) is 0 Å². The van der Waals surface area contributed by atoms with Crippen molar-refractivity contribution in [3.05, 3.63) is 0 Å². The summed E-state index contributed by atoms with van der Waals surface area (Å²) in [7, 11) is 2.31. The molecule has 0 aromatic heterocycles. The minimum Gasteiger partial charge on any atom is -0.303 e. The Morgan fingerprint density at radius 1 is 1.00 bits per heavy atom. The molecule has 0 spiro atoms. The van der Waals surface area contributed by atoms with E-state index in [0.29, 0.717) is 0 Å². The minimum absolute atomic E-state index is 0.938. The summed E-state index contributed by atoms with van der Waals surface area (Å²) >= 11 is 0. The van der Waals surface area contributed by atoms with Gasteiger partial charge in [-0.25, -0.2) is 0 Å². The lowest BCUT2D eigenvalue weighted by atomic mass is 9.99. The van der Waals surface area contributed by atoms with Crippen molar-refractivity contribution < 1.29 is 0 Å². The van der Waals surface area contributed by atoms with Crippen molar-refractivity contribution >= 4 is 0 Å². The van der Waals surface area contributed by atoms with Gasteiger partial charge < -0.3 is 4.90 Å². The lowest BCUT2D eigenvalue weighted by Gasteiger charge is -2.19. The van der Waals surface area contributed by atoms with Gasteiger partial charge in [0.1, 0.15) is 0 Å². The van der Waals surface area contributed by atoms with Crippen molar-refractivity contribution in [3.8, 4) is 0 Å². The molecule has 12 heavy (non-hydrogen) atoms. The van der Waals surface area contributed by atoms with Gasteiger partial charge in [-0.05, 0) is 32.2 Å². The average Bonchev–Trinajstić information content (AvgIpc) is 2.44. The summed E-state index contributed by atoms with van der Waals surface area (Å²) in [6.07, 6.45) is 10.4. The molecule has 0 radical (unpaired) electrons. The summed E-state index contributed by atoms with van der Waals surface area (Å²) in [6, 6.07) is 0.938. The smallest absolute Gasteiger partial charge is 0.00954 e. The standard InChI is InChI=1S/C11H21N/c1-12-9-10-6-4-2-3-5-7-11(12)8-10/h10-11H,2-9H2,1H3. The molecule has 1 aliphatic heterocycles. The molecule has 2 bridgehead atoms. The lowest BCUT2D eigenvalue weighted by Crippen LogP contribution is -2.24. The van der Waals surface area contributed by atoms with Crippen molar-refractivity contribution in [1.82, 2.24) is 4.90 Å². The highest BCUT2D eigenvalue weighted by atomic mass is 15.2. The Bertz CT molecular complexity index is 144. The van der Waals surface area contributed by atoms with Gasteiger partial charge in [0, 0.05) is 12.6 Å². The average molecular weight is 167 g/mol. The molecule has 1 saturated heterocycles. The Morgan fingerprint density at radius 2 is 1.75 bits per heavy atom. The van der Waals surface area contributed by atoms with E-state index in [-0.39, 0.29) is 0 Å². The van der Waals surface area contributed by atoms with E-state index in [9.17, 15) is 0 Å². The lowest BCUT2D eigenvalue weighted by molar-refractivity contribution is 0.283. The predicted molar refractivity (Wildman–Crippen MR) is 52.2 cm³/mol. The van der Waals surface area contributed by atoms with Crippen molar-refractivity contribution in [2.45, 2.75) is 51.0 Å². The number of hydrogen-bond donors (Lipinski definition) is 0. The zero-order valence-corrected chi connectivity index (χ0v) is 8.26. The van der Waals surface area contributed by atoms with Crippen LogP contribution in [0, 0.1) is 5.92 Å². The van der Waals surface area contributed by atoms with Gasteiger partial charge in [-0.15, -0.1) is 0 Å². The van der Waals surface area contributed by atoms with Crippen LogP contribution in [0.4, 0.5) is 0 Å². The monoisotopic (exact) mass is 167 g/mol. The second-order valence-electron chi connectivity index (χ2n) is 4.69. The van der Waals surface area contributed by atoms with E-state index in [0.717, 1.165) is 12.0 Å². The van der Waals surface area contributed by atoms with Crippen LogP contribution >= 0.6 is 0 Å². The van der Waals surface area contributed by atoms with Crippen LogP contribution in [0.2, 0.25) is 0 Å². The third-order valence-corrected chi connectivity index (χ3v) is 3.67. The third-order valence-electron chi connectivity index (χ3n) is 3.67. The SMILES string of the molecule is CN1CC2CCCCCCC1C2. The van der Waals surface area contributed by atoms with E-state index in [1.54, 1.807) is 0 Å². The van der Waals surface area contributed by atoms with Crippen molar-refractivity contribution in [3.63, 3.8) is 0 Å². The third kappa shape index (κ3) is 1.82. The van der Waals surface area contributed by atoms with E-state index in [1.807, 2.05) is 0 Å². The summed E-state index contributed by atoms with van der Waals surface area (Å²) < 4.78 is 0. The summed E-state index contributed by atoms with van der Waals surface area (Å²) in [5.41, 5.74) is 0. The van der Waals surface area contributed by atoms with Crippen LogP contribution in [0.25, 0.3) is 0 Å². The number of rotatable bonds is 0. The van der Waals surface area contributed by atoms with Crippen molar-refractivity contribution in [2.75, 3.05) is 13.6 Å². The maximum absolute atomic E-state index is 2.59. The van der Waals surface area contributed by atoms with E-state index in [2.05, 4.69) is 11.9 Å². The van der Waals surface area contributed by atoms with Gasteiger partial charge in [0.25, 0.3) is 0 Å². The summed E-state index contributed by atoms with van der Waals surface area (Å²) in [6.45, 7) is 1.38. The molecular formula is C11H21N. The van der Waals surface area contributed by atoms with Crippen molar-refractivity contribution in [1.29, 1.82) is 0 Å². The summed E-state index contributed by atoms with van der Waals surface area (Å²) in [5.74, 6) is 1.04. The number of hydrogen-bond acceptors (Lipinski definition) is 1. The first kappa shape index (κ1) is 8.55. The van der Waals surface area contributed by atoms with Crippen LogP contribution in [0.5, 0.6) is 0 Å². The molecule has 0 aromatic carbocycles. The second kappa shape index (κ2) is 3.78. The first-order valence-corrected chi connectivity index (χ1v) is 5.56. The van der Waals surface area contributed by atoms with Gasteiger partial charge in [0.2, 0.25) is 0 Å². The quantitative estimate of drug-likeness (QED) is 0.536. The molecule has 1 aliphatic carbocycles. The molecule has 2 fully saturated rings. The molecule has 0 amide bonds. The molecule has 0 aromatic rings. The molecular weight excluding hydrogens is 146 g/mol. The van der Waals surface area contributed by atoms with Crippen LogP contribution in [0.1, 0.15) is 44.9 Å². The number of nitrogens with zero attached hydrogens (tertiary/aromatic N) is 1. The Labute approximate surface area is 76.1 Å². The first-order chi connectivity index (χ1) is 5.86. The predicted octanol–water partition coefficient (Wildman–Crippen LogP) is 2.66. The minimum atomic E-state index is 0.938. The van der Waals surface area contributed by atoms with Crippen LogP contribution in [-0.2, 0) is 0 Å². The zero-order chi connectivity index (χ0) is 8.39. The molecule has 70 valence electrons. The Hall–Kier alpha value is -0.0400. The molecule has 2 rings (SSSR count). The molecule has 2 unspecified atom stereocenters. The molecule has 2 aliphatic rings. The normalized spacial score (nSPS) is 38.8. The van der Waals surface area contributed by atoms with E-state index in [1.165, 1.54) is 51.5 Å². The number of fused-ring (bicyclic) bond motifs is 2. The largest absolute Gasteiger partial charge is 0.303 e. The van der Waals surface area contributed by atoms with Gasteiger partial charge in [-0.1, -0.05) is 25.7 Å². The molecule has 0 N–H and O–H groups in total. The fourth-order valence-electron chi connectivity index (χ4n) is 2.91. The fourth-order valence-corrected chi connectivity index (χ4v) is 2.91. The highest BCUT2D eigenvalue weighted by Crippen LogP contribution is 2.30. The number of likely N-dealkylation sites (tertiary alicyclic amines) is 1. The maximum atomic E-state index is 2.59. The van der Waals surface area contributed by atoms with Crippen LogP contribution in [-0.4, -0.2) is 24.5 Å². The molecule has 1 saturated carbocycles. The van der Waals surface area contributed by atoms with E-state index in [4.69, 9.17) is 0 Å². The molecule has 1 nitrogen and oxygen atoms in total. The first-order valence-electron chi connectivity index (χ1n) is 5.56. The molecule has 1 heteroatoms. The molecule has 2 atom stereocenters. The van der Waals surface area contributed by atoms with Gasteiger partial charge >= 0.3 is 0 Å². The highest BCUT2D eigenvalue weighted by molar-refractivity contribution is 4.83. The van der Waals surface area contributed by atoms with E-state index < -0.39 is 0 Å². The highest BCUT2D eigenvalue weighted by Gasteiger charge is 2.28. The second-order valence-corrected chi connectivity index (χ2v) is 4.69. The van der Waals surface area contributed by atoms with Gasteiger partial charge in [0.15, 0.2) is 0 Å². The zero-order valence-electron chi connectivity index (χ0n) is 8.26. The Morgan fingerprint density at radius 3 is 2.58 bits per heavy atom. The van der Waals surface area contributed by atoms with E-state index >= 15 is 0 Å². The van der Waals surface area contributed by atoms with Gasteiger partial charge in [0.05, 0.1) is 0 Å². The molecule has 1 heterocycles.